The third kappa shape index (κ3) is 3.11. The molecule has 0 aromatic heterocycles. The molecule has 0 spiro atoms. The van der Waals surface area contributed by atoms with Crippen molar-refractivity contribution in [3.63, 3.8) is 0 Å². The lowest BCUT2D eigenvalue weighted by atomic mass is 10.2. The van der Waals surface area contributed by atoms with Crippen LogP contribution in [-0.2, 0) is 11.3 Å². The average Bonchev–Trinajstić information content (AvgIpc) is 2.07. The second-order valence-corrected chi connectivity index (χ2v) is 3.11. The van der Waals surface area contributed by atoms with Crippen LogP contribution in [0.25, 0.3) is 0 Å². The van der Waals surface area contributed by atoms with E-state index in [1.165, 1.54) is 6.07 Å². The van der Waals surface area contributed by atoms with Crippen molar-refractivity contribution in [3.05, 3.63) is 35.4 Å². The Hall–Kier alpha value is -0.960. The zero-order chi connectivity index (χ0) is 9.84. The maximum atomic E-state index is 12.7. The predicted octanol–water partition coefficient (Wildman–Crippen LogP) is 2.89. The fourth-order valence-corrected chi connectivity index (χ4v) is 0.892. The quantitative estimate of drug-likeness (QED) is 0.705. The zero-order valence-corrected chi connectivity index (χ0v) is 7.68. The van der Waals surface area contributed by atoms with Gasteiger partial charge in [-0.25, -0.2) is 8.78 Å². The van der Waals surface area contributed by atoms with Crippen molar-refractivity contribution in [2.75, 3.05) is 0 Å². The predicted molar refractivity (Wildman–Crippen MR) is 46.3 cm³/mol. The third-order valence-corrected chi connectivity index (χ3v) is 1.57. The molecule has 0 fully saturated rings. The number of hydrogen-bond donors (Lipinski definition) is 0. The molecule has 1 aromatic carbocycles. The van der Waals surface area contributed by atoms with Crippen LogP contribution in [0, 0.1) is 11.6 Å². The molecule has 0 radical (unpaired) electrons. The molecule has 0 amide bonds. The Balaban J connectivity index is 2.63. The first-order chi connectivity index (χ1) is 6.09. The monoisotopic (exact) mass is 186 g/mol. The van der Waals surface area contributed by atoms with Gasteiger partial charge in [0.2, 0.25) is 0 Å². The van der Waals surface area contributed by atoms with Gasteiger partial charge in [-0.1, -0.05) is 6.07 Å². The minimum Gasteiger partial charge on any atom is -0.374 e. The second-order valence-electron chi connectivity index (χ2n) is 3.11. The summed E-state index contributed by atoms with van der Waals surface area (Å²) in [5, 5.41) is 0. The lowest BCUT2D eigenvalue weighted by molar-refractivity contribution is 0.0655. The molecule has 0 aliphatic carbocycles. The molecule has 3 heteroatoms. The molecule has 72 valence electrons. The molecule has 0 N–H and O–H groups in total. The van der Waals surface area contributed by atoms with Gasteiger partial charge in [-0.15, -0.1) is 0 Å². The van der Waals surface area contributed by atoms with Crippen molar-refractivity contribution in [1.82, 2.24) is 0 Å². The van der Waals surface area contributed by atoms with Crippen LogP contribution >= 0.6 is 0 Å². The molecule has 0 bridgehead atoms. The Morgan fingerprint density at radius 3 is 2.46 bits per heavy atom. The van der Waals surface area contributed by atoms with Gasteiger partial charge < -0.3 is 4.74 Å². The van der Waals surface area contributed by atoms with Gasteiger partial charge in [-0.3, -0.25) is 0 Å². The number of hydrogen-bond acceptors (Lipinski definition) is 1. The Labute approximate surface area is 76.3 Å². The van der Waals surface area contributed by atoms with Crippen LogP contribution < -0.4 is 0 Å². The molecule has 0 atom stereocenters. The summed E-state index contributed by atoms with van der Waals surface area (Å²) in [4.78, 5) is 0. The summed E-state index contributed by atoms with van der Waals surface area (Å²) in [5.41, 5.74) is 0.646. The number of halogens is 2. The Bertz CT molecular complexity index is 284. The highest BCUT2D eigenvalue weighted by atomic mass is 19.2. The summed E-state index contributed by atoms with van der Waals surface area (Å²) in [6, 6.07) is 3.77. The van der Waals surface area contributed by atoms with Crippen LogP contribution in [0.15, 0.2) is 18.2 Å². The number of ether oxygens (including phenoxy) is 1. The van der Waals surface area contributed by atoms with Crippen molar-refractivity contribution in [1.29, 1.82) is 0 Å². The fraction of sp³-hybridized carbons (Fsp3) is 0.400. The second kappa shape index (κ2) is 4.33. The maximum absolute atomic E-state index is 12.7. The van der Waals surface area contributed by atoms with E-state index in [1.54, 1.807) is 0 Å². The third-order valence-electron chi connectivity index (χ3n) is 1.57. The number of rotatable bonds is 3. The van der Waals surface area contributed by atoms with Crippen LogP contribution in [0.3, 0.4) is 0 Å². The van der Waals surface area contributed by atoms with Crippen LogP contribution in [-0.4, -0.2) is 6.10 Å². The van der Waals surface area contributed by atoms with Gasteiger partial charge >= 0.3 is 0 Å². The average molecular weight is 186 g/mol. The maximum Gasteiger partial charge on any atom is 0.159 e. The molecular formula is C10H12F2O. The Morgan fingerprint density at radius 1 is 1.23 bits per heavy atom. The number of benzene rings is 1. The molecule has 0 saturated carbocycles. The van der Waals surface area contributed by atoms with E-state index in [0.29, 0.717) is 12.2 Å². The van der Waals surface area contributed by atoms with Crippen LogP contribution in [0.2, 0.25) is 0 Å². The van der Waals surface area contributed by atoms with Crippen molar-refractivity contribution in [2.24, 2.45) is 0 Å². The standard InChI is InChI=1S/C10H12F2O/c1-7(2)13-6-8-3-4-9(11)10(12)5-8/h3-5,7H,6H2,1-2H3. The summed E-state index contributed by atoms with van der Waals surface area (Å²) >= 11 is 0. The van der Waals surface area contributed by atoms with E-state index in [1.807, 2.05) is 13.8 Å². The molecular weight excluding hydrogens is 174 g/mol. The Kier molecular flexibility index (Phi) is 3.37. The van der Waals surface area contributed by atoms with Crippen LogP contribution in [0.1, 0.15) is 19.4 Å². The first-order valence-corrected chi connectivity index (χ1v) is 4.15. The van der Waals surface area contributed by atoms with Crippen molar-refractivity contribution in [3.8, 4) is 0 Å². The molecule has 0 aliphatic heterocycles. The molecule has 13 heavy (non-hydrogen) atoms. The molecule has 0 unspecified atom stereocenters. The van der Waals surface area contributed by atoms with Gasteiger partial charge in [0.25, 0.3) is 0 Å². The molecule has 1 nitrogen and oxygen atoms in total. The van der Waals surface area contributed by atoms with Gasteiger partial charge in [0, 0.05) is 0 Å². The van der Waals surface area contributed by atoms with Crippen molar-refractivity contribution >= 4 is 0 Å². The summed E-state index contributed by atoms with van der Waals surface area (Å²) in [6.45, 7) is 4.09. The highest BCUT2D eigenvalue weighted by molar-refractivity contribution is 5.16. The van der Waals surface area contributed by atoms with Crippen molar-refractivity contribution < 1.29 is 13.5 Å². The van der Waals surface area contributed by atoms with E-state index >= 15 is 0 Å². The summed E-state index contributed by atoms with van der Waals surface area (Å²) in [5.74, 6) is -1.65. The SMILES string of the molecule is CC(C)OCc1ccc(F)c(F)c1. The smallest absolute Gasteiger partial charge is 0.159 e. The summed E-state index contributed by atoms with van der Waals surface area (Å²) in [7, 11) is 0. The van der Waals surface area contributed by atoms with E-state index in [9.17, 15) is 8.78 Å². The highest BCUT2D eigenvalue weighted by Gasteiger charge is 2.02. The van der Waals surface area contributed by atoms with E-state index in [-0.39, 0.29) is 6.10 Å². The Morgan fingerprint density at radius 2 is 1.92 bits per heavy atom. The zero-order valence-electron chi connectivity index (χ0n) is 7.68. The van der Waals surface area contributed by atoms with Gasteiger partial charge in [0.1, 0.15) is 0 Å². The first-order valence-electron chi connectivity index (χ1n) is 4.15. The van der Waals surface area contributed by atoms with Gasteiger partial charge in [-0.2, -0.15) is 0 Å². The van der Waals surface area contributed by atoms with E-state index in [2.05, 4.69) is 0 Å². The molecule has 1 rings (SSSR count). The molecule has 0 heterocycles. The summed E-state index contributed by atoms with van der Waals surface area (Å²) in [6.07, 6.45) is 0.0908. The highest BCUT2D eigenvalue weighted by Crippen LogP contribution is 2.10. The normalized spacial score (nSPS) is 10.8. The largest absolute Gasteiger partial charge is 0.374 e. The fourth-order valence-electron chi connectivity index (χ4n) is 0.892. The first kappa shape index (κ1) is 10.1. The summed E-state index contributed by atoms with van der Waals surface area (Å²) < 4.78 is 30.4. The minimum atomic E-state index is -0.829. The van der Waals surface area contributed by atoms with Crippen LogP contribution in [0.5, 0.6) is 0 Å². The van der Waals surface area contributed by atoms with E-state index in [0.717, 1.165) is 12.1 Å². The van der Waals surface area contributed by atoms with Gasteiger partial charge in [0.05, 0.1) is 12.7 Å². The lowest BCUT2D eigenvalue weighted by Gasteiger charge is -2.07. The van der Waals surface area contributed by atoms with Crippen molar-refractivity contribution in [2.45, 2.75) is 26.6 Å². The molecule has 0 saturated heterocycles. The van der Waals surface area contributed by atoms with E-state index in [4.69, 9.17) is 4.74 Å². The molecule has 0 aliphatic rings. The van der Waals surface area contributed by atoms with E-state index < -0.39 is 11.6 Å². The minimum absolute atomic E-state index is 0.0908. The molecule has 1 aromatic rings. The van der Waals surface area contributed by atoms with Gasteiger partial charge in [0.15, 0.2) is 11.6 Å². The van der Waals surface area contributed by atoms with Crippen LogP contribution in [0.4, 0.5) is 8.78 Å². The lowest BCUT2D eigenvalue weighted by Crippen LogP contribution is -2.02. The van der Waals surface area contributed by atoms with Gasteiger partial charge in [-0.05, 0) is 31.5 Å². The topological polar surface area (TPSA) is 9.23 Å².